The lowest BCUT2D eigenvalue weighted by Crippen LogP contribution is -2.50. The number of hydrogen-bond donors (Lipinski definition) is 2. The summed E-state index contributed by atoms with van der Waals surface area (Å²) in [6.45, 7) is 7.26. The Morgan fingerprint density at radius 1 is 1.18 bits per heavy atom. The molecule has 1 rings (SSSR count). The molecule has 0 aromatic heterocycles. The average Bonchev–Trinajstić information content (AvgIpc) is 2.28. The number of benzene rings is 1. The van der Waals surface area contributed by atoms with E-state index in [1.807, 2.05) is 58.0 Å². The number of aliphatic hydroxyl groups is 1. The molecule has 2 N–H and O–H groups in total. The predicted octanol–water partition coefficient (Wildman–Crippen LogP) is 2.06. The van der Waals surface area contributed by atoms with Crippen LogP contribution in [0.15, 0.2) is 30.3 Å². The molecule has 1 atom stereocenters. The first kappa shape index (κ1) is 13.7. The molecule has 0 spiro atoms. The second-order valence-corrected chi connectivity index (χ2v) is 5.56. The number of hydrogen-bond acceptors (Lipinski definition) is 2. The first-order valence-electron chi connectivity index (χ1n) is 5.78. The first-order valence-corrected chi connectivity index (χ1v) is 5.78. The highest BCUT2D eigenvalue weighted by molar-refractivity contribution is 5.82. The van der Waals surface area contributed by atoms with Crippen LogP contribution in [-0.2, 0) is 10.3 Å². The van der Waals surface area contributed by atoms with Gasteiger partial charge in [-0.15, -0.1) is 0 Å². The van der Waals surface area contributed by atoms with Gasteiger partial charge in [-0.25, -0.2) is 0 Å². The Labute approximate surface area is 103 Å². The van der Waals surface area contributed by atoms with Gasteiger partial charge in [0.15, 0.2) is 0 Å². The van der Waals surface area contributed by atoms with E-state index in [1.54, 1.807) is 0 Å². The van der Waals surface area contributed by atoms with E-state index < -0.39 is 11.0 Å². The van der Waals surface area contributed by atoms with E-state index in [9.17, 15) is 9.90 Å². The monoisotopic (exact) mass is 235 g/mol. The topological polar surface area (TPSA) is 49.3 Å². The van der Waals surface area contributed by atoms with Gasteiger partial charge in [0.25, 0.3) is 0 Å². The molecule has 1 aromatic carbocycles. The van der Waals surface area contributed by atoms with E-state index in [0.29, 0.717) is 0 Å². The molecule has 0 fully saturated rings. The van der Waals surface area contributed by atoms with Crippen molar-refractivity contribution in [2.75, 3.05) is 6.61 Å². The van der Waals surface area contributed by atoms with Crippen LogP contribution in [0.3, 0.4) is 0 Å². The van der Waals surface area contributed by atoms with Gasteiger partial charge in [-0.1, -0.05) is 51.1 Å². The SMILES string of the molecule is CC(C)(C)C(=O)NC(C)(CO)c1ccccc1. The van der Waals surface area contributed by atoms with Crippen LogP contribution in [0, 0.1) is 5.41 Å². The molecule has 0 radical (unpaired) electrons. The van der Waals surface area contributed by atoms with Gasteiger partial charge in [-0.05, 0) is 12.5 Å². The molecule has 0 aliphatic carbocycles. The van der Waals surface area contributed by atoms with Crippen molar-refractivity contribution in [1.82, 2.24) is 5.32 Å². The van der Waals surface area contributed by atoms with E-state index in [-0.39, 0.29) is 12.5 Å². The van der Waals surface area contributed by atoms with Crippen molar-refractivity contribution in [3.63, 3.8) is 0 Å². The highest BCUT2D eigenvalue weighted by atomic mass is 16.3. The molecule has 1 amide bonds. The second-order valence-electron chi connectivity index (χ2n) is 5.56. The normalized spacial score (nSPS) is 15.1. The Balaban J connectivity index is 2.95. The number of carbonyl (C=O) groups excluding carboxylic acids is 1. The molecule has 94 valence electrons. The maximum atomic E-state index is 12.0. The van der Waals surface area contributed by atoms with Crippen LogP contribution in [0.4, 0.5) is 0 Å². The quantitative estimate of drug-likeness (QED) is 0.842. The third-order valence-electron chi connectivity index (χ3n) is 2.80. The van der Waals surface area contributed by atoms with Gasteiger partial charge in [-0.3, -0.25) is 4.79 Å². The molecule has 0 bridgehead atoms. The zero-order chi connectivity index (χ0) is 13.1. The van der Waals surface area contributed by atoms with E-state index in [1.165, 1.54) is 0 Å². The van der Waals surface area contributed by atoms with E-state index in [0.717, 1.165) is 5.56 Å². The standard InChI is InChI=1S/C14H21NO2/c1-13(2,3)12(17)15-14(4,10-16)11-8-6-5-7-9-11/h5-9,16H,10H2,1-4H3,(H,15,17). The van der Waals surface area contributed by atoms with Crippen LogP contribution in [0.2, 0.25) is 0 Å². The van der Waals surface area contributed by atoms with Gasteiger partial charge in [0.1, 0.15) is 0 Å². The fraction of sp³-hybridized carbons (Fsp3) is 0.500. The molecule has 0 saturated carbocycles. The summed E-state index contributed by atoms with van der Waals surface area (Å²) in [5.74, 6) is -0.0714. The van der Waals surface area contributed by atoms with Gasteiger partial charge >= 0.3 is 0 Å². The summed E-state index contributed by atoms with van der Waals surface area (Å²) >= 11 is 0. The van der Waals surface area contributed by atoms with E-state index in [2.05, 4.69) is 5.32 Å². The third-order valence-corrected chi connectivity index (χ3v) is 2.80. The number of amides is 1. The fourth-order valence-corrected chi connectivity index (χ4v) is 1.45. The molecular formula is C14H21NO2. The molecular weight excluding hydrogens is 214 g/mol. The summed E-state index contributed by atoms with van der Waals surface area (Å²) in [5.41, 5.74) is -0.295. The maximum Gasteiger partial charge on any atom is 0.226 e. The molecule has 0 saturated heterocycles. The van der Waals surface area contributed by atoms with Gasteiger partial charge in [-0.2, -0.15) is 0 Å². The Morgan fingerprint density at radius 3 is 2.12 bits per heavy atom. The lowest BCUT2D eigenvalue weighted by Gasteiger charge is -2.32. The summed E-state index contributed by atoms with van der Waals surface area (Å²) in [6, 6.07) is 9.50. The van der Waals surface area contributed by atoms with Crippen LogP contribution in [0.5, 0.6) is 0 Å². The number of carbonyl (C=O) groups is 1. The van der Waals surface area contributed by atoms with Crippen molar-refractivity contribution in [3.05, 3.63) is 35.9 Å². The molecule has 17 heavy (non-hydrogen) atoms. The van der Waals surface area contributed by atoms with Gasteiger partial charge < -0.3 is 10.4 Å². The summed E-state index contributed by atoms with van der Waals surface area (Å²) in [7, 11) is 0. The Morgan fingerprint density at radius 2 is 1.71 bits per heavy atom. The fourth-order valence-electron chi connectivity index (χ4n) is 1.45. The molecule has 0 heterocycles. The van der Waals surface area contributed by atoms with Crippen LogP contribution >= 0.6 is 0 Å². The minimum Gasteiger partial charge on any atom is -0.394 e. The highest BCUT2D eigenvalue weighted by Gasteiger charge is 2.32. The van der Waals surface area contributed by atoms with Crippen LogP contribution in [-0.4, -0.2) is 17.6 Å². The van der Waals surface area contributed by atoms with Crippen molar-refractivity contribution in [1.29, 1.82) is 0 Å². The Bertz CT molecular complexity index is 381. The van der Waals surface area contributed by atoms with Crippen molar-refractivity contribution in [2.24, 2.45) is 5.41 Å². The number of aliphatic hydroxyl groups excluding tert-OH is 1. The first-order chi connectivity index (χ1) is 7.79. The van der Waals surface area contributed by atoms with Gasteiger partial charge in [0.2, 0.25) is 5.91 Å². The molecule has 0 aliphatic rings. The maximum absolute atomic E-state index is 12.0. The predicted molar refractivity (Wildman–Crippen MR) is 68.5 cm³/mol. The van der Waals surface area contributed by atoms with Crippen LogP contribution in [0.1, 0.15) is 33.3 Å². The average molecular weight is 235 g/mol. The van der Waals surface area contributed by atoms with E-state index in [4.69, 9.17) is 0 Å². The van der Waals surface area contributed by atoms with Crippen LogP contribution < -0.4 is 5.32 Å². The summed E-state index contributed by atoms with van der Waals surface area (Å²) in [4.78, 5) is 12.0. The highest BCUT2D eigenvalue weighted by Crippen LogP contribution is 2.23. The zero-order valence-electron chi connectivity index (χ0n) is 10.9. The largest absolute Gasteiger partial charge is 0.394 e. The minimum absolute atomic E-state index is 0.0714. The third kappa shape index (κ3) is 3.30. The van der Waals surface area contributed by atoms with Crippen molar-refractivity contribution in [3.8, 4) is 0 Å². The Hall–Kier alpha value is -1.35. The lowest BCUT2D eigenvalue weighted by atomic mass is 9.89. The minimum atomic E-state index is -0.731. The van der Waals surface area contributed by atoms with Gasteiger partial charge in [0, 0.05) is 5.41 Å². The molecule has 3 nitrogen and oxygen atoms in total. The van der Waals surface area contributed by atoms with Gasteiger partial charge in [0.05, 0.1) is 12.1 Å². The van der Waals surface area contributed by atoms with E-state index >= 15 is 0 Å². The zero-order valence-corrected chi connectivity index (χ0v) is 10.9. The Kier molecular flexibility index (Phi) is 3.94. The summed E-state index contributed by atoms with van der Waals surface area (Å²) in [6.07, 6.45) is 0. The van der Waals surface area contributed by atoms with Crippen LogP contribution in [0.25, 0.3) is 0 Å². The molecule has 1 unspecified atom stereocenters. The lowest BCUT2D eigenvalue weighted by molar-refractivity contribution is -0.131. The summed E-state index contributed by atoms with van der Waals surface area (Å²) < 4.78 is 0. The molecule has 3 heteroatoms. The molecule has 0 aliphatic heterocycles. The number of nitrogens with one attached hydrogen (secondary N) is 1. The summed E-state index contributed by atoms with van der Waals surface area (Å²) in [5, 5.41) is 12.4. The number of rotatable bonds is 3. The van der Waals surface area contributed by atoms with Crippen molar-refractivity contribution < 1.29 is 9.90 Å². The second kappa shape index (κ2) is 4.88. The molecule has 1 aromatic rings. The smallest absolute Gasteiger partial charge is 0.226 e. The van der Waals surface area contributed by atoms with Crippen molar-refractivity contribution in [2.45, 2.75) is 33.2 Å². The van der Waals surface area contributed by atoms with Crippen molar-refractivity contribution >= 4 is 5.91 Å².